The van der Waals surface area contributed by atoms with Crippen LogP contribution in [0, 0.1) is 34.0 Å². The van der Waals surface area contributed by atoms with Gasteiger partial charge in [0, 0.05) is 0 Å². The summed E-state index contributed by atoms with van der Waals surface area (Å²) >= 11 is 0. The van der Waals surface area contributed by atoms with E-state index in [0.29, 0.717) is 16.2 Å². The molecule has 0 aromatic rings. The molecule has 32 heavy (non-hydrogen) atoms. The first-order chi connectivity index (χ1) is 15.3. The van der Waals surface area contributed by atoms with Gasteiger partial charge >= 0.3 is 0 Å². The number of rotatable bonds is 4. The molecule has 2 fully saturated rings. The second-order valence-electron chi connectivity index (χ2n) is 13.5. The summed E-state index contributed by atoms with van der Waals surface area (Å²) in [6.07, 6.45) is 27.0. The molecule has 5 rings (SSSR count). The highest BCUT2D eigenvalue weighted by molar-refractivity contribution is 5.49. The predicted molar refractivity (Wildman–Crippen MR) is 139 cm³/mol. The van der Waals surface area contributed by atoms with E-state index in [1.54, 1.807) is 19.3 Å². The lowest BCUT2D eigenvalue weighted by Crippen LogP contribution is -2.50. The number of fused-ring (bicyclic) bond motifs is 5. The Morgan fingerprint density at radius 2 is 1.72 bits per heavy atom. The lowest BCUT2D eigenvalue weighted by Gasteiger charge is -2.60. The summed E-state index contributed by atoms with van der Waals surface area (Å²) in [5, 5.41) is 0. The molecule has 0 radical (unpaired) electrons. The van der Waals surface area contributed by atoms with Gasteiger partial charge in [-0.15, -0.1) is 0 Å². The summed E-state index contributed by atoms with van der Waals surface area (Å²) in [5.41, 5.74) is 8.82. The van der Waals surface area contributed by atoms with E-state index in [2.05, 4.69) is 46.8 Å². The van der Waals surface area contributed by atoms with Crippen LogP contribution in [0.15, 0.2) is 34.4 Å². The maximum atomic E-state index is 2.74. The molecule has 0 N–H and O–H groups in total. The molecule has 0 nitrogen and oxygen atoms in total. The summed E-state index contributed by atoms with van der Waals surface area (Å²) in [5.74, 6) is 2.67. The molecule has 0 bridgehead atoms. The van der Waals surface area contributed by atoms with Crippen LogP contribution in [-0.4, -0.2) is 0 Å². The lowest BCUT2D eigenvalue weighted by atomic mass is 9.44. The molecule has 0 aliphatic heterocycles. The molecular weight excluding hydrogens is 384 g/mol. The fraction of sp³-hybridized carbons (Fsp3) is 0.812. The van der Waals surface area contributed by atoms with Crippen molar-refractivity contribution in [2.24, 2.45) is 34.0 Å². The van der Waals surface area contributed by atoms with Crippen LogP contribution in [0.1, 0.15) is 131 Å². The van der Waals surface area contributed by atoms with Gasteiger partial charge in [-0.1, -0.05) is 69.8 Å². The van der Waals surface area contributed by atoms with Crippen molar-refractivity contribution in [1.29, 1.82) is 0 Å². The minimum Gasteiger partial charge on any atom is -0.0859 e. The van der Waals surface area contributed by atoms with E-state index in [9.17, 15) is 0 Å². The molecular formula is C32H50. The van der Waals surface area contributed by atoms with Crippen molar-refractivity contribution in [3.8, 4) is 0 Å². The molecule has 5 aliphatic carbocycles. The maximum absolute atomic E-state index is 2.74. The van der Waals surface area contributed by atoms with E-state index in [1.165, 1.54) is 82.6 Å². The van der Waals surface area contributed by atoms with Gasteiger partial charge in [-0.25, -0.2) is 0 Å². The van der Waals surface area contributed by atoms with Crippen LogP contribution in [0.25, 0.3) is 0 Å². The Morgan fingerprint density at radius 1 is 0.969 bits per heavy atom. The summed E-state index contributed by atoms with van der Waals surface area (Å²) < 4.78 is 0. The maximum Gasteiger partial charge on any atom is -0.00389 e. The quantitative estimate of drug-likeness (QED) is 0.386. The average molecular weight is 435 g/mol. The van der Waals surface area contributed by atoms with Crippen molar-refractivity contribution >= 4 is 0 Å². The third-order valence-corrected chi connectivity index (χ3v) is 11.6. The third-order valence-electron chi connectivity index (χ3n) is 11.6. The van der Waals surface area contributed by atoms with Crippen LogP contribution in [0.3, 0.4) is 0 Å². The van der Waals surface area contributed by atoms with E-state index in [-0.39, 0.29) is 0 Å². The van der Waals surface area contributed by atoms with Gasteiger partial charge < -0.3 is 0 Å². The zero-order chi connectivity index (χ0) is 22.6. The van der Waals surface area contributed by atoms with Crippen LogP contribution in [0.4, 0.5) is 0 Å². The highest BCUT2D eigenvalue weighted by Crippen LogP contribution is 2.68. The molecule has 5 atom stereocenters. The van der Waals surface area contributed by atoms with Gasteiger partial charge in [0.15, 0.2) is 0 Å². The minimum atomic E-state index is 0.448. The highest BCUT2D eigenvalue weighted by Gasteiger charge is 2.57. The zero-order valence-corrected chi connectivity index (χ0v) is 22.0. The van der Waals surface area contributed by atoms with Crippen molar-refractivity contribution in [2.75, 3.05) is 0 Å². The normalized spacial score (nSPS) is 39.1. The van der Waals surface area contributed by atoms with E-state index in [0.717, 1.165) is 17.8 Å². The Balaban J connectivity index is 1.41. The molecule has 1 unspecified atom stereocenters. The standard InChI is InChI=1S/C32H50/c1-23(2)11-9-12-24(3)26-14-15-27-25-13-16-29-31(5,28(25)17-22-30(26,27)4)18-10-21-32(29)19-7-6-8-20-32/h11,15,24,26,29H,6-10,12-14,16-22H2,1-5H3/t24-,26-,29?,30-,31-/m1/s1. The molecule has 178 valence electrons. The predicted octanol–water partition coefficient (Wildman–Crippen LogP) is 9.96. The molecule has 0 amide bonds. The molecule has 0 aromatic heterocycles. The van der Waals surface area contributed by atoms with E-state index >= 15 is 0 Å². The van der Waals surface area contributed by atoms with Crippen LogP contribution in [-0.2, 0) is 0 Å². The topological polar surface area (TPSA) is 0 Å². The largest absolute Gasteiger partial charge is 0.0859 e. The van der Waals surface area contributed by atoms with Crippen molar-refractivity contribution in [3.63, 3.8) is 0 Å². The first-order valence-corrected chi connectivity index (χ1v) is 14.4. The molecule has 0 aromatic carbocycles. The Kier molecular flexibility index (Phi) is 6.08. The molecule has 0 saturated heterocycles. The molecule has 2 saturated carbocycles. The van der Waals surface area contributed by atoms with Crippen molar-refractivity contribution in [3.05, 3.63) is 34.4 Å². The van der Waals surface area contributed by atoms with E-state index in [4.69, 9.17) is 0 Å². The van der Waals surface area contributed by atoms with Crippen LogP contribution >= 0.6 is 0 Å². The molecule has 5 aliphatic rings. The minimum absolute atomic E-state index is 0.448. The zero-order valence-electron chi connectivity index (χ0n) is 22.0. The molecule has 1 spiro atoms. The average Bonchev–Trinajstić information content (AvgIpc) is 3.11. The second-order valence-corrected chi connectivity index (χ2v) is 13.5. The summed E-state index contributed by atoms with van der Waals surface area (Å²) in [6.45, 7) is 12.4. The van der Waals surface area contributed by atoms with Gasteiger partial charge in [0.2, 0.25) is 0 Å². The van der Waals surface area contributed by atoms with Crippen molar-refractivity contribution < 1.29 is 0 Å². The van der Waals surface area contributed by atoms with Gasteiger partial charge in [-0.3, -0.25) is 0 Å². The van der Waals surface area contributed by atoms with Crippen LogP contribution in [0.5, 0.6) is 0 Å². The summed E-state index contributed by atoms with van der Waals surface area (Å²) in [6, 6.07) is 0. The monoisotopic (exact) mass is 434 g/mol. The van der Waals surface area contributed by atoms with Gasteiger partial charge in [-0.05, 0) is 130 Å². The Morgan fingerprint density at radius 3 is 2.47 bits per heavy atom. The van der Waals surface area contributed by atoms with Gasteiger partial charge in [0.1, 0.15) is 0 Å². The van der Waals surface area contributed by atoms with Gasteiger partial charge in [0.25, 0.3) is 0 Å². The highest BCUT2D eigenvalue weighted by atomic mass is 14.6. The smallest absolute Gasteiger partial charge is 0.00389 e. The third kappa shape index (κ3) is 3.53. The van der Waals surface area contributed by atoms with Gasteiger partial charge in [0.05, 0.1) is 0 Å². The lowest BCUT2D eigenvalue weighted by molar-refractivity contribution is -0.0429. The Bertz CT molecular complexity index is 805. The van der Waals surface area contributed by atoms with Crippen molar-refractivity contribution in [1.82, 2.24) is 0 Å². The first-order valence-electron chi connectivity index (χ1n) is 14.4. The van der Waals surface area contributed by atoms with E-state index < -0.39 is 0 Å². The fourth-order valence-electron chi connectivity index (χ4n) is 10.00. The molecule has 0 heteroatoms. The van der Waals surface area contributed by atoms with Crippen molar-refractivity contribution in [2.45, 2.75) is 131 Å². The fourth-order valence-corrected chi connectivity index (χ4v) is 10.00. The Hall–Kier alpha value is -0.780. The summed E-state index contributed by atoms with van der Waals surface area (Å²) in [7, 11) is 0. The number of hydrogen-bond donors (Lipinski definition) is 0. The van der Waals surface area contributed by atoms with Crippen LogP contribution < -0.4 is 0 Å². The molecule has 0 heterocycles. The Labute approximate surface area is 199 Å². The van der Waals surface area contributed by atoms with E-state index in [1.807, 2.05) is 16.7 Å². The summed E-state index contributed by atoms with van der Waals surface area (Å²) in [4.78, 5) is 0. The SMILES string of the molecule is CC(C)=CCC[C@@H](C)[C@H]1CC=C2C3=C(CC[C@@]21C)[C@@]1(C)CCCC2(CCCCC2)C1CC3. The first kappa shape index (κ1) is 23.0. The number of hydrogen-bond acceptors (Lipinski definition) is 0. The van der Waals surface area contributed by atoms with Gasteiger partial charge in [-0.2, -0.15) is 0 Å². The van der Waals surface area contributed by atoms with Crippen LogP contribution in [0.2, 0.25) is 0 Å². The number of allylic oxidation sites excluding steroid dienone is 6. The second kappa shape index (κ2) is 8.46.